The van der Waals surface area contributed by atoms with Gasteiger partial charge in [-0.3, -0.25) is 0 Å². The molecule has 15 heavy (non-hydrogen) atoms. The maximum atomic E-state index is 5.74. The number of nitrogens with two attached hydrogens (primary N) is 1. The minimum Gasteiger partial charge on any atom is -0.398 e. The molecule has 0 aliphatic heterocycles. The summed E-state index contributed by atoms with van der Waals surface area (Å²) in [5.74, 6) is 0. The van der Waals surface area contributed by atoms with Crippen LogP contribution in [0.4, 0.5) is 5.69 Å². The van der Waals surface area contributed by atoms with Gasteiger partial charge in [0.2, 0.25) is 0 Å². The van der Waals surface area contributed by atoms with Crippen molar-refractivity contribution in [2.24, 2.45) is 0 Å². The van der Waals surface area contributed by atoms with Crippen molar-refractivity contribution in [2.75, 3.05) is 5.73 Å². The monoisotopic (exact) mass is 261 g/mol. The Kier molecular flexibility index (Phi) is 2.78. The van der Waals surface area contributed by atoms with E-state index in [9.17, 15) is 0 Å². The van der Waals surface area contributed by atoms with Crippen LogP contribution < -0.4 is 5.73 Å². The van der Waals surface area contributed by atoms with Gasteiger partial charge in [0.25, 0.3) is 0 Å². The van der Waals surface area contributed by atoms with E-state index in [4.69, 9.17) is 5.73 Å². The molecule has 1 nitrogen and oxygen atoms in total. The fourth-order valence-corrected chi connectivity index (χ4v) is 1.83. The van der Waals surface area contributed by atoms with E-state index in [1.807, 2.05) is 18.2 Å². The zero-order valence-electron chi connectivity index (χ0n) is 8.50. The lowest BCUT2D eigenvalue weighted by Gasteiger charge is -2.04. The average Bonchev–Trinajstić information content (AvgIpc) is 2.23. The molecule has 2 rings (SSSR count). The van der Waals surface area contributed by atoms with Gasteiger partial charge in [-0.05, 0) is 46.1 Å². The summed E-state index contributed by atoms with van der Waals surface area (Å²) in [4.78, 5) is 0. The molecule has 0 fully saturated rings. The van der Waals surface area contributed by atoms with E-state index in [0.29, 0.717) is 0 Å². The van der Waals surface area contributed by atoms with Gasteiger partial charge in [0.05, 0.1) is 0 Å². The molecule has 0 radical (unpaired) electrons. The van der Waals surface area contributed by atoms with Crippen LogP contribution in [0.15, 0.2) is 46.9 Å². The van der Waals surface area contributed by atoms with Gasteiger partial charge in [-0.2, -0.15) is 0 Å². The minimum absolute atomic E-state index is 0.769. The largest absolute Gasteiger partial charge is 0.398 e. The zero-order valence-corrected chi connectivity index (χ0v) is 10.1. The van der Waals surface area contributed by atoms with Gasteiger partial charge in [0.1, 0.15) is 0 Å². The van der Waals surface area contributed by atoms with Gasteiger partial charge >= 0.3 is 0 Å². The number of hydrogen-bond acceptors (Lipinski definition) is 1. The van der Waals surface area contributed by atoms with Crippen LogP contribution in [-0.4, -0.2) is 0 Å². The van der Waals surface area contributed by atoms with Crippen molar-refractivity contribution < 1.29 is 0 Å². The van der Waals surface area contributed by atoms with Crippen LogP contribution in [0, 0.1) is 6.92 Å². The first-order chi connectivity index (χ1) is 7.16. The second kappa shape index (κ2) is 4.07. The lowest BCUT2D eigenvalue weighted by molar-refractivity contribution is 1.47. The molecule has 0 atom stereocenters. The summed E-state index contributed by atoms with van der Waals surface area (Å²) in [6.07, 6.45) is 0. The van der Waals surface area contributed by atoms with Crippen LogP contribution in [0.2, 0.25) is 0 Å². The van der Waals surface area contributed by atoms with Crippen molar-refractivity contribution in [3.63, 3.8) is 0 Å². The number of benzene rings is 2. The van der Waals surface area contributed by atoms with E-state index in [1.165, 1.54) is 16.7 Å². The Bertz CT molecular complexity index is 474. The molecule has 76 valence electrons. The molecule has 0 unspecified atom stereocenters. The van der Waals surface area contributed by atoms with Crippen molar-refractivity contribution in [3.05, 3.63) is 52.5 Å². The van der Waals surface area contributed by atoms with E-state index >= 15 is 0 Å². The minimum atomic E-state index is 0.769. The van der Waals surface area contributed by atoms with Gasteiger partial charge in [0, 0.05) is 10.2 Å². The topological polar surface area (TPSA) is 26.0 Å². The van der Waals surface area contributed by atoms with Gasteiger partial charge in [-0.1, -0.05) is 35.9 Å². The first-order valence-electron chi connectivity index (χ1n) is 4.79. The van der Waals surface area contributed by atoms with Crippen LogP contribution in [0.25, 0.3) is 11.1 Å². The van der Waals surface area contributed by atoms with Gasteiger partial charge in [-0.25, -0.2) is 0 Å². The predicted molar refractivity (Wildman–Crippen MR) is 68.7 cm³/mol. The Morgan fingerprint density at radius 1 is 0.933 bits per heavy atom. The Hall–Kier alpha value is -1.28. The van der Waals surface area contributed by atoms with E-state index in [0.717, 1.165) is 10.2 Å². The van der Waals surface area contributed by atoms with E-state index < -0.39 is 0 Å². The molecule has 0 amide bonds. The SMILES string of the molecule is Cc1ccc(-c2ccc(N)c(Br)c2)cc1. The molecule has 2 heteroatoms. The molecule has 0 heterocycles. The maximum absolute atomic E-state index is 5.74. The van der Waals surface area contributed by atoms with Crippen molar-refractivity contribution in [1.29, 1.82) is 0 Å². The Morgan fingerprint density at radius 2 is 1.53 bits per heavy atom. The van der Waals surface area contributed by atoms with Crippen LogP contribution in [-0.2, 0) is 0 Å². The summed E-state index contributed by atoms with van der Waals surface area (Å²) in [7, 11) is 0. The van der Waals surface area contributed by atoms with Crippen LogP contribution in [0.3, 0.4) is 0 Å². The fourth-order valence-electron chi connectivity index (χ4n) is 1.45. The molecule has 0 aliphatic carbocycles. The molecule has 0 aliphatic rings. The standard InChI is InChI=1S/C13H12BrN/c1-9-2-4-10(5-3-9)11-6-7-13(15)12(14)8-11/h2-8H,15H2,1H3. The normalized spacial score (nSPS) is 10.3. The van der Waals surface area contributed by atoms with Crippen LogP contribution >= 0.6 is 15.9 Å². The molecule has 0 saturated heterocycles. The van der Waals surface area contributed by atoms with Crippen molar-refractivity contribution in [3.8, 4) is 11.1 Å². The van der Waals surface area contributed by atoms with E-state index in [-0.39, 0.29) is 0 Å². The zero-order chi connectivity index (χ0) is 10.8. The third-order valence-electron chi connectivity index (χ3n) is 2.39. The summed E-state index contributed by atoms with van der Waals surface area (Å²) in [5.41, 5.74) is 10.2. The quantitative estimate of drug-likeness (QED) is 0.772. The molecule has 0 saturated carbocycles. The summed E-state index contributed by atoms with van der Waals surface area (Å²) >= 11 is 3.43. The number of hydrogen-bond donors (Lipinski definition) is 1. The lowest BCUT2D eigenvalue weighted by atomic mass is 10.0. The Labute approximate surface area is 98.1 Å². The number of rotatable bonds is 1. The Morgan fingerprint density at radius 3 is 2.13 bits per heavy atom. The van der Waals surface area contributed by atoms with Crippen molar-refractivity contribution >= 4 is 21.6 Å². The van der Waals surface area contributed by atoms with Crippen molar-refractivity contribution in [2.45, 2.75) is 6.92 Å². The second-order valence-corrected chi connectivity index (χ2v) is 4.46. The highest BCUT2D eigenvalue weighted by molar-refractivity contribution is 9.10. The van der Waals surface area contributed by atoms with Crippen LogP contribution in [0.1, 0.15) is 5.56 Å². The predicted octanol–water partition coefficient (Wildman–Crippen LogP) is 4.01. The second-order valence-electron chi connectivity index (χ2n) is 3.60. The summed E-state index contributed by atoms with van der Waals surface area (Å²) in [5, 5.41) is 0. The maximum Gasteiger partial charge on any atom is 0.0458 e. The van der Waals surface area contributed by atoms with Gasteiger partial charge in [0.15, 0.2) is 0 Å². The molecule has 2 N–H and O–H groups in total. The lowest BCUT2D eigenvalue weighted by Crippen LogP contribution is -1.86. The molecular formula is C13H12BrN. The third-order valence-corrected chi connectivity index (χ3v) is 3.07. The summed E-state index contributed by atoms with van der Waals surface area (Å²) in [6, 6.07) is 14.4. The van der Waals surface area contributed by atoms with Gasteiger partial charge < -0.3 is 5.73 Å². The van der Waals surface area contributed by atoms with E-state index in [2.05, 4.69) is 47.1 Å². The number of halogens is 1. The third kappa shape index (κ3) is 2.21. The highest BCUT2D eigenvalue weighted by Crippen LogP contribution is 2.27. The molecular weight excluding hydrogens is 250 g/mol. The van der Waals surface area contributed by atoms with Crippen molar-refractivity contribution in [1.82, 2.24) is 0 Å². The summed E-state index contributed by atoms with van der Waals surface area (Å²) < 4.78 is 0.945. The molecule has 2 aromatic carbocycles. The molecule has 0 bridgehead atoms. The molecule has 0 spiro atoms. The number of aryl methyl sites for hydroxylation is 1. The molecule has 0 aromatic heterocycles. The number of nitrogen functional groups attached to an aromatic ring is 1. The van der Waals surface area contributed by atoms with Crippen LogP contribution in [0.5, 0.6) is 0 Å². The fraction of sp³-hybridized carbons (Fsp3) is 0.0769. The highest BCUT2D eigenvalue weighted by atomic mass is 79.9. The Balaban J connectivity index is 2.45. The average molecular weight is 262 g/mol. The first kappa shape index (κ1) is 10.2. The highest BCUT2D eigenvalue weighted by Gasteiger charge is 2.00. The summed E-state index contributed by atoms with van der Waals surface area (Å²) in [6.45, 7) is 2.09. The molecule has 2 aromatic rings. The van der Waals surface area contributed by atoms with Gasteiger partial charge in [-0.15, -0.1) is 0 Å². The smallest absolute Gasteiger partial charge is 0.0458 e. The first-order valence-corrected chi connectivity index (χ1v) is 5.58. The number of anilines is 1. The van der Waals surface area contributed by atoms with E-state index in [1.54, 1.807) is 0 Å².